The minimum Gasteiger partial charge on any atom is -0.492 e. The molecule has 0 unspecified atom stereocenters. The summed E-state index contributed by atoms with van der Waals surface area (Å²) < 4.78 is 12.3. The minimum atomic E-state index is -0.358. The Labute approximate surface area is 165 Å². The first-order valence-corrected chi connectivity index (χ1v) is 8.95. The molecule has 0 aliphatic rings. The zero-order valence-electron chi connectivity index (χ0n) is 14.2. The van der Waals surface area contributed by atoms with Gasteiger partial charge in [0, 0.05) is 11.4 Å². The van der Waals surface area contributed by atoms with Gasteiger partial charge >= 0.3 is 5.97 Å². The van der Waals surface area contributed by atoms with Gasteiger partial charge in [-0.25, -0.2) is 0 Å². The molecule has 0 radical (unpaired) electrons. The van der Waals surface area contributed by atoms with Crippen LogP contribution in [0.4, 0.5) is 0 Å². The number of hydrogen-bond acceptors (Lipinski definition) is 6. The number of tetrazole rings is 1. The Balaban J connectivity index is 1.42. The molecule has 0 bridgehead atoms. The largest absolute Gasteiger partial charge is 0.492 e. The third kappa shape index (κ3) is 5.42. The summed E-state index contributed by atoms with van der Waals surface area (Å²) in [5.41, 5.74) is 0.793. The lowest BCUT2D eigenvalue weighted by atomic mass is 10.3. The second-order valence-corrected chi connectivity index (χ2v) is 6.37. The van der Waals surface area contributed by atoms with Crippen molar-refractivity contribution in [3.05, 3.63) is 64.4 Å². The second kappa shape index (κ2) is 9.34. The monoisotopic (exact) mass is 406 g/mol. The van der Waals surface area contributed by atoms with Crippen LogP contribution in [0.3, 0.4) is 0 Å². The first kappa shape index (κ1) is 19.1. The molecule has 140 valence electrons. The van der Waals surface area contributed by atoms with Crippen LogP contribution < -0.4 is 4.74 Å². The van der Waals surface area contributed by atoms with Gasteiger partial charge in [0.2, 0.25) is 0 Å². The minimum absolute atomic E-state index is 0.00933. The number of esters is 1. The molecule has 0 saturated carbocycles. The number of benzene rings is 2. The molecule has 1 aromatic heterocycles. The number of hydrogen-bond donors (Lipinski definition) is 0. The Morgan fingerprint density at radius 1 is 1.11 bits per heavy atom. The molecule has 1 heterocycles. The lowest BCUT2D eigenvalue weighted by Gasteiger charge is -2.08. The molecule has 0 spiro atoms. The molecule has 0 atom stereocenters. The van der Waals surface area contributed by atoms with Gasteiger partial charge < -0.3 is 9.47 Å². The molecule has 0 aliphatic carbocycles. The Hall–Kier alpha value is -2.64. The fourth-order valence-corrected chi connectivity index (χ4v) is 2.74. The van der Waals surface area contributed by atoms with Crippen LogP contribution in [0.1, 0.15) is 18.7 Å². The van der Waals surface area contributed by atoms with Crippen molar-refractivity contribution < 1.29 is 14.3 Å². The van der Waals surface area contributed by atoms with Crippen molar-refractivity contribution in [2.45, 2.75) is 19.4 Å². The maximum atomic E-state index is 11.9. The van der Waals surface area contributed by atoms with Gasteiger partial charge in [-0.1, -0.05) is 41.4 Å². The predicted molar refractivity (Wildman–Crippen MR) is 100 cm³/mol. The molecule has 0 aliphatic heterocycles. The van der Waals surface area contributed by atoms with Crippen molar-refractivity contribution in [3.8, 4) is 11.4 Å². The molecule has 9 heteroatoms. The van der Waals surface area contributed by atoms with E-state index in [0.717, 1.165) is 5.69 Å². The fraction of sp³-hybridized carbons (Fsp3) is 0.222. The van der Waals surface area contributed by atoms with Gasteiger partial charge in [-0.3, -0.25) is 4.79 Å². The van der Waals surface area contributed by atoms with Crippen molar-refractivity contribution in [2.75, 3.05) is 6.61 Å². The van der Waals surface area contributed by atoms with E-state index in [1.54, 1.807) is 18.2 Å². The lowest BCUT2D eigenvalue weighted by Crippen LogP contribution is -2.10. The van der Waals surface area contributed by atoms with Gasteiger partial charge in [-0.15, -0.1) is 5.10 Å². The Morgan fingerprint density at radius 2 is 1.93 bits per heavy atom. The number of ether oxygens (including phenoxy) is 2. The summed E-state index contributed by atoms with van der Waals surface area (Å²) >= 11 is 11.9. The van der Waals surface area contributed by atoms with Gasteiger partial charge in [-0.05, 0) is 47.2 Å². The van der Waals surface area contributed by atoms with Gasteiger partial charge in [0.1, 0.15) is 5.75 Å². The Kier molecular flexibility index (Phi) is 6.62. The molecular weight excluding hydrogens is 391 g/mol. The van der Waals surface area contributed by atoms with Crippen LogP contribution in [0.2, 0.25) is 10.0 Å². The highest BCUT2D eigenvalue weighted by Gasteiger charge is 2.11. The maximum absolute atomic E-state index is 11.9. The number of aromatic nitrogens is 4. The molecule has 0 fully saturated rings. The van der Waals surface area contributed by atoms with Crippen molar-refractivity contribution >= 4 is 29.2 Å². The summed E-state index contributed by atoms with van der Waals surface area (Å²) in [6.07, 6.45) is 0.694. The topological polar surface area (TPSA) is 79.1 Å². The SMILES string of the molecule is O=C(CCCOc1ccc(Cl)cc1Cl)OCc1nnnn1-c1ccccc1. The van der Waals surface area contributed by atoms with E-state index in [0.29, 0.717) is 34.6 Å². The predicted octanol–water partition coefficient (Wildman–Crippen LogP) is 3.87. The molecule has 0 N–H and O–H groups in total. The van der Waals surface area contributed by atoms with Gasteiger partial charge in [0.05, 0.1) is 17.3 Å². The maximum Gasteiger partial charge on any atom is 0.306 e. The van der Waals surface area contributed by atoms with Crippen LogP contribution in [0.5, 0.6) is 5.75 Å². The van der Waals surface area contributed by atoms with Crippen molar-refractivity contribution in [3.63, 3.8) is 0 Å². The highest BCUT2D eigenvalue weighted by atomic mass is 35.5. The van der Waals surface area contributed by atoms with E-state index in [4.69, 9.17) is 32.7 Å². The van der Waals surface area contributed by atoms with Crippen LogP contribution in [0.25, 0.3) is 5.69 Å². The van der Waals surface area contributed by atoms with E-state index < -0.39 is 0 Å². The Morgan fingerprint density at radius 3 is 2.70 bits per heavy atom. The van der Waals surface area contributed by atoms with E-state index in [1.165, 1.54) is 4.68 Å². The first-order valence-electron chi connectivity index (χ1n) is 8.19. The Bertz CT molecular complexity index is 903. The summed E-state index contributed by atoms with van der Waals surface area (Å²) in [6, 6.07) is 14.3. The van der Waals surface area contributed by atoms with Crippen molar-refractivity contribution in [1.29, 1.82) is 0 Å². The average Bonchev–Trinajstić information content (AvgIpc) is 3.14. The number of carbonyl (C=O) groups excluding carboxylic acids is 1. The number of rotatable bonds is 8. The van der Waals surface area contributed by atoms with Gasteiger partial charge in [0.25, 0.3) is 0 Å². The second-order valence-electron chi connectivity index (χ2n) is 5.53. The number of halogens is 2. The normalized spacial score (nSPS) is 10.6. The highest BCUT2D eigenvalue weighted by molar-refractivity contribution is 6.35. The van der Waals surface area contributed by atoms with E-state index in [1.807, 2.05) is 30.3 Å². The third-order valence-corrected chi connectivity index (χ3v) is 4.10. The van der Waals surface area contributed by atoms with E-state index >= 15 is 0 Å². The van der Waals surface area contributed by atoms with Crippen LogP contribution in [-0.4, -0.2) is 32.8 Å². The van der Waals surface area contributed by atoms with Gasteiger partial charge in [0.15, 0.2) is 12.4 Å². The summed E-state index contributed by atoms with van der Waals surface area (Å²) in [4.78, 5) is 11.9. The van der Waals surface area contributed by atoms with E-state index in [-0.39, 0.29) is 19.0 Å². The standard InChI is InChI=1S/C18H16Cl2N4O3/c19-13-8-9-16(15(20)11-13)26-10-4-7-18(25)27-12-17-21-22-23-24(17)14-5-2-1-3-6-14/h1-3,5-6,8-9,11H,4,7,10,12H2. The first-order chi connectivity index (χ1) is 13.1. The molecule has 3 rings (SSSR count). The van der Waals surface area contributed by atoms with Crippen molar-refractivity contribution in [1.82, 2.24) is 20.2 Å². The number of carbonyl (C=O) groups is 1. The molecule has 0 amide bonds. The lowest BCUT2D eigenvalue weighted by molar-refractivity contribution is -0.145. The zero-order chi connectivity index (χ0) is 19.1. The van der Waals surface area contributed by atoms with E-state index in [2.05, 4.69) is 15.5 Å². The molecular formula is C18H16Cl2N4O3. The van der Waals surface area contributed by atoms with Gasteiger partial charge in [-0.2, -0.15) is 4.68 Å². The van der Waals surface area contributed by atoms with Crippen LogP contribution in [-0.2, 0) is 16.1 Å². The molecule has 2 aromatic carbocycles. The van der Waals surface area contributed by atoms with Crippen molar-refractivity contribution in [2.24, 2.45) is 0 Å². The van der Waals surface area contributed by atoms with Crippen LogP contribution in [0, 0.1) is 0 Å². The number of nitrogens with zero attached hydrogens (tertiary/aromatic N) is 4. The summed E-state index contributed by atoms with van der Waals surface area (Å²) in [5, 5.41) is 12.4. The summed E-state index contributed by atoms with van der Waals surface area (Å²) in [6.45, 7) is 0.322. The molecule has 7 nitrogen and oxygen atoms in total. The summed E-state index contributed by atoms with van der Waals surface area (Å²) in [5.74, 6) is 0.610. The fourth-order valence-electron chi connectivity index (χ4n) is 2.27. The molecule has 0 saturated heterocycles. The molecule has 27 heavy (non-hydrogen) atoms. The summed E-state index contributed by atoms with van der Waals surface area (Å²) in [7, 11) is 0. The van der Waals surface area contributed by atoms with E-state index in [9.17, 15) is 4.79 Å². The zero-order valence-corrected chi connectivity index (χ0v) is 15.7. The third-order valence-electron chi connectivity index (χ3n) is 3.57. The number of para-hydroxylation sites is 1. The highest BCUT2D eigenvalue weighted by Crippen LogP contribution is 2.27. The van der Waals surface area contributed by atoms with Crippen LogP contribution >= 0.6 is 23.2 Å². The molecule has 3 aromatic rings. The average molecular weight is 407 g/mol. The van der Waals surface area contributed by atoms with Crippen LogP contribution in [0.15, 0.2) is 48.5 Å². The quantitative estimate of drug-likeness (QED) is 0.417. The smallest absolute Gasteiger partial charge is 0.306 e.